The molecule has 2 N–H and O–H groups in total. The van der Waals surface area contributed by atoms with Crippen LogP contribution in [0, 0.1) is 5.82 Å². The van der Waals surface area contributed by atoms with Crippen LogP contribution >= 0.6 is 0 Å². The van der Waals surface area contributed by atoms with E-state index in [-0.39, 0.29) is 18.3 Å². The molecule has 3 saturated heterocycles. The number of hydrogen-bond acceptors (Lipinski definition) is 8. The molecule has 10 nitrogen and oxygen atoms in total. The smallest absolute Gasteiger partial charge is 0.269 e. The molecule has 0 radical (unpaired) electrons. The van der Waals surface area contributed by atoms with E-state index >= 15 is 0 Å². The number of hydrogen-bond donors (Lipinski definition) is 2. The van der Waals surface area contributed by atoms with E-state index in [1.54, 1.807) is 0 Å². The van der Waals surface area contributed by atoms with E-state index in [4.69, 9.17) is 28.4 Å². The Morgan fingerprint density at radius 1 is 0.921 bits per heavy atom. The van der Waals surface area contributed by atoms with Gasteiger partial charge in [0.05, 0.1) is 6.61 Å². The molecule has 6 rings (SSSR count). The van der Waals surface area contributed by atoms with Crippen molar-refractivity contribution >= 4 is 11.8 Å². The lowest BCUT2D eigenvalue weighted by atomic mass is 9.94. The zero-order chi connectivity index (χ0) is 26.2. The molecule has 5 atom stereocenters. The van der Waals surface area contributed by atoms with Crippen molar-refractivity contribution in [1.82, 2.24) is 10.9 Å². The maximum atomic E-state index is 13.4. The fourth-order valence-electron chi connectivity index (χ4n) is 6.30. The van der Waals surface area contributed by atoms with Crippen molar-refractivity contribution in [2.45, 2.75) is 106 Å². The topological polar surface area (TPSA) is 114 Å². The minimum Gasteiger partial charge on any atom is -0.363 e. The number of carbonyl (C=O) groups excluding carboxylic acids is 2. The number of halogens is 1. The van der Waals surface area contributed by atoms with Crippen molar-refractivity contribution in [3.8, 4) is 0 Å². The molecule has 2 saturated carbocycles. The number of rotatable bonds is 5. The summed E-state index contributed by atoms with van der Waals surface area (Å²) in [5.41, 5.74) is 4.69. The van der Waals surface area contributed by atoms with Gasteiger partial charge in [0.25, 0.3) is 11.8 Å². The van der Waals surface area contributed by atoms with Crippen LogP contribution in [0.15, 0.2) is 24.3 Å². The molecular formula is C27H35FN2O8. The van der Waals surface area contributed by atoms with Crippen LogP contribution in [0.3, 0.4) is 0 Å². The summed E-state index contributed by atoms with van der Waals surface area (Å²) in [5, 5.41) is 0. The average molecular weight is 535 g/mol. The van der Waals surface area contributed by atoms with Crippen LogP contribution in [0.2, 0.25) is 0 Å². The number of benzene rings is 1. The number of amides is 2. The summed E-state index contributed by atoms with van der Waals surface area (Å²) in [7, 11) is 0. The Kier molecular flexibility index (Phi) is 7.41. The molecule has 5 fully saturated rings. The molecule has 5 aliphatic rings. The van der Waals surface area contributed by atoms with Crippen LogP contribution < -0.4 is 10.9 Å². The highest BCUT2D eigenvalue weighted by Gasteiger charge is 2.61. The Morgan fingerprint density at radius 2 is 1.66 bits per heavy atom. The van der Waals surface area contributed by atoms with Gasteiger partial charge in [0.2, 0.25) is 0 Å². The molecule has 1 aromatic carbocycles. The van der Waals surface area contributed by atoms with Crippen molar-refractivity contribution in [2.75, 3.05) is 13.2 Å². The van der Waals surface area contributed by atoms with Gasteiger partial charge in [-0.15, -0.1) is 0 Å². The summed E-state index contributed by atoms with van der Waals surface area (Å²) in [4.78, 5) is 24.8. The van der Waals surface area contributed by atoms with Crippen molar-refractivity contribution in [2.24, 2.45) is 0 Å². The first-order chi connectivity index (χ1) is 18.4. The highest BCUT2D eigenvalue weighted by atomic mass is 19.1. The van der Waals surface area contributed by atoms with Crippen LogP contribution in [0.25, 0.3) is 0 Å². The van der Waals surface area contributed by atoms with Crippen molar-refractivity contribution < 1.29 is 42.4 Å². The molecule has 3 heterocycles. The summed E-state index contributed by atoms with van der Waals surface area (Å²) in [6.45, 7) is 0.0112. The van der Waals surface area contributed by atoms with E-state index in [1.165, 1.54) is 24.6 Å². The van der Waals surface area contributed by atoms with Gasteiger partial charge in [0.1, 0.15) is 36.8 Å². The normalized spacial score (nSPS) is 33.3. The largest absolute Gasteiger partial charge is 0.363 e. The summed E-state index contributed by atoms with van der Waals surface area (Å²) < 4.78 is 51.1. The Bertz CT molecular complexity index is 1030. The number of nitrogens with one attached hydrogen (secondary N) is 2. The summed E-state index contributed by atoms with van der Waals surface area (Å²) in [6, 6.07) is 5.18. The van der Waals surface area contributed by atoms with E-state index < -0.39 is 53.8 Å². The zero-order valence-electron chi connectivity index (χ0n) is 21.3. The molecular weight excluding hydrogens is 499 g/mol. The molecule has 3 aliphatic heterocycles. The minimum atomic E-state index is -0.682. The first kappa shape index (κ1) is 26.1. The minimum absolute atomic E-state index is 0.0858. The lowest BCUT2D eigenvalue weighted by Gasteiger charge is -2.35. The van der Waals surface area contributed by atoms with Gasteiger partial charge in [-0.3, -0.25) is 20.4 Å². The molecule has 2 spiro atoms. The van der Waals surface area contributed by atoms with Gasteiger partial charge in [-0.1, -0.05) is 18.9 Å². The lowest BCUT2D eigenvalue weighted by Crippen LogP contribution is -2.48. The van der Waals surface area contributed by atoms with E-state index in [9.17, 15) is 14.0 Å². The Balaban J connectivity index is 1.09. The average Bonchev–Trinajstić information content (AvgIpc) is 3.58. The molecule has 2 aliphatic carbocycles. The second kappa shape index (κ2) is 10.8. The number of ether oxygens (including phenoxy) is 6. The van der Waals surface area contributed by atoms with Crippen molar-refractivity contribution in [3.05, 3.63) is 35.6 Å². The highest BCUT2D eigenvalue weighted by Crippen LogP contribution is 2.48. The molecule has 2 amide bonds. The zero-order valence-corrected chi connectivity index (χ0v) is 21.3. The third kappa shape index (κ3) is 5.32. The van der Waals surface area contributed by atoms with Gasteiger partial charge in [0, 0.05) is 31.2 Å². The van der Waals surface area contributed by atoms with Crippen LogP contribution in [-0.2, 0) is 33.2 Å². The number of hydrazine groups is 1. The quantitative estimate of drug-likeness (QED) is 0.555. The van der Waals surface area contributed by atoms with Crippen LogP contribution in [0.4, 0.5) is 4.39 Å². The van der Waals surface area contributed by atoms with Crippen LogP contribution in [0.1, 0.15) is 74.6 Å². The second-order valence-corrected chi connectivity index (χ2v) is 10.9. The third-order valence-electron chi connectivity index (χ3n) is 8.17. The first-order valence-electron chi connectivity index (χ1n) is 13.7. The molecule has 0 bridgehead atoms. The SMILES string of the molecule is O=C(CO[C@@H]1[C@H]([C@@H]2COC3(CCCCC3)O2)O[C@@H]2OC3(CCCCC3)O[C@@H]21)NNC(=O)c1cccc(F)c1. The van der Waals surface area contributed by atoms with Crippen molar-refractivity contribution in [3.63, 3.8) is 0 Å². The molecule has 11 heteroatoms. The van der Waals surface area contributed by atoms with Crippen molar-refractivity contribution in [1.29, 1.82) is 0 Å². The summed E-state index contributed by atoms with van der Waals surface area (Å²) >= 11 is 0. The Labute approximate surface area is 220 Å². The fraction of sp³-hybridized carbons (Fsp3) is 0.704. The van der Waals surface area contributed by atoms with E-state index in [1.807, 2.05) is 0 Å². The van der Waals surface area contributed by atoms with Gasteiger partial charge in [-0.25, -0.2) is 4.39 Å². The van der Waals surface area contributed by atoms with E-state index in [2.05, 4.69) is 10.9 Å². The molecule has 0 aromatic heterocycles. The second-order valence-electron chi connectivity index (χ2n) is 10.9. The van der Waals surface area contributed by atoms with E-state index in [0.29, 0.717) is 6.61 Å². The predicted octanol–water partition coefficient (Wildman–Crippen LogP) is 2.85. The Hall–Kier alpha value is -2.15. The van der Waals surface area contributed by atoms with Gasteiger partial charge >= 0.3 is 0 Å². The van der Waals surface area contributed by atoms with Gasteiger partial charge < -0.3 is 28.4 Å². The monoisotopic (exact) mass is 534 g/mol. The lowest BCUT2D eigenvalue weighted by molar-refractivity contribution is -0.262. The summed E-state index contributed by atoms with van der Waals surface area (Å²) in [6.07, 6.45) is 7.05. The van der Waals surface area contributed by atoms with Crippen LogP contribution in [-0.4, -0.2) is 67.3 Å². The maximum Gasteiger partial charge on any atom is 0.269 e. The maximum absolute atomic E-state index is 13.4. The Morgan fingerprint density at radius 3 is 2.39 bits per heavy atom. The van der Waals surface area contributed by atoms with E-state index in [0.717, 1.165) is 63.9 Å². The van der Waals surface area contributed by atoms with Crippen LogP contribution in [0.5, 0.6) is 0 Å². The number of fused-ring (bicyclic) bond motifs is 1. The third-order valence-corrected chi connectivity index (χ3v) is 8.17. The predicted molar refractivity (Wildman–Crippen MR) is 129 cm³/mol. The highest BCUT2D eigenvalue weighted by molar-refractivity contribution is 5.95. The standard InChI is InChI=1S/C27H35FN2O8/c28-18-9-7-8-17(14-18)24(32)30-29-20(31)16-33-22-21(19-15-34-26(36-19)10-3-1-4-11-26)35-25-23(22)37-27(38-25)12-5-2-6-13-27/h7-9,14,19,21-23,25H,1-6,10-13,15-16H2,(H,29,31)(H,30,32)/t19-,21-,22+,23+,25+/m0/s1. The molecule has 0 unspecified atom stereocenters. The molecule has 38 heavy (non-hydrogen) atoms. The first-order valence-corrected chi connectivity index (χ1v) is 13.7. The van der Waals surface area contributed by atoms with Gasteiger partial charge in [0.15, 0.2) is 17.9 Å². The number of carbonyl (C=O) groups is 2. The van der Waals surface area contributed by atoms with Gasteiger partial charge in [-0.2, -0.15) is 0 Å². The fourth-order valence-corrected chi connectivity index (χ4v) is 6.30. The summed E-state index contributed by atoms with van der Waals surface area (Å²) in [5.74, 6) is -3.02. The molecule has 1 aromatic rings. The molecule has 208 valence electrons. The van der Waals surface area contributed by atoms with Gasteiger partial charge in [-0.05, 0) is 43.9 Å².